The number of rotatable bonds is 2. The summed E-state index contributed by atoms with van der Waals surface area (Å²) >= 11 is 0. The van der Waals surface area contributed by atoms with Crippen LogP contribution >= 0.6 is 0 Å². The molecule has 0 N–H and O–H groups in total. The van der Waals surface area contributed by atoms with E-state index in [1.807, 2.05) is 0 Å². The number of hydrogen-bond donors (Lipinski definition) is 0. The van der Waals surface area contributed by atoms with Gasteiger partial charge in [-0.25, -0.2) is 4.58 Å². The molecule has 0 amide bonds. The smallest absolute Gasteiger partial charge is 0.168 e. The highest BCUT2D eigenvalue weighted by Crippen LogP contribution is 2.09. The first kappa shape index (κ1) is 31.7. The van der Waals surface area contributed by atoms with Gasteiger partial charge in [0.25, 0.3) is 0 Å². The van der Waals surface area contributed by atoms with Gasteiger partial charge in [0.2, 0.25) is 0 Å². The van der Waals surface area contributed by atoms with Gasteiger partial charge in [0, 0.05) is 25.2 Å². The van der Waals surface area contributed by atoms with Gasteiger partial charge in [-0.3, -0.25) is 0 Å². The van der Waals surface area contributed by atoms with Crippen molar-refractivity contribution in [3.8, 4) is 0 Å². The lowest BCUT2D eigenvalue weighted by Gasteiger charge is -2.04. The van der Waals surface area contributed by atoms with Crippen LogP contribution in [0.1, 0.15) is 44.6 Å². The predicted octanol–water partition coefficient (Wildman–Crippen LogP) is 5.40. The zero-order chi connectivity index (χ0) is 10.7. The monoisotopic (exact) mass is 297 g/mol. The normalized spacial score (nSPS) is 16.5. The number of hydrogen-bond acceptors (Lipinski definition) is 1. The van der Waals surface area contributed by atoms with E-state index in [9.17, 15) is 0 Å². The van der Waals surface area contributed by atoms with Crippen LogP contribution in [0.15, 0.2) is 47.7 Å². The molecule has 0 aromatic heterocycles. The van der Waals surface area contributed by atoms with Gasteiger partial charge in [-0.1, -0.05) is 62.8 Å². The molecule has 2 rings (SSSR count). The van der Waals surface area contributed by atoms with Crippen LogP contribution in [0.3, 0.4) is 0 Å². The van der Waals surface area contributed by atoms with Crippen LogP contribution < -0.4 is 0 Å². The summed E-state index contributed by atoms with van der Waals surface area (Å²) in [6, 6.07) is 0. The molecule has 2 aliphatic heterocycles. The first-order chi connectivity index (χ1) is 7.24. The van der Waals surface area contributed by atoms with E-state index in [2.05, 4.69) is 66.4 Å². The van der Waals surface area contributed by atoms with E-state index in [-0.39, 0.29) is 44.6 Å². The summed E-state index contributed by atoms with van der Waals surface area (Å²) in [5, 5.41) is 0. The van der Waals surface area contributed by atoms with Crippen molar-refractivity contribution < 1.29 is 4.58 Å². The quantitative estimate of drug-likeness (QED) is 0.619. The van der Waals surface area contributed by atoms with Crippen molar-refractivity contribution in [1.82, 2.24) is 4.90 Å². The molecule has 0 radical (unpaired) electrons. The first-order valence-electron chi connectivity index (χ1n) is 5.24. The van der Waals surface area contributed by atoms with E-state index in [1.54, 1.807) is 0 Å². The highest BCUT2D eigenvalue weighted by atomic mass is 15.1. The summed E-state index contributed by atoms with van der Waals surface area (Å²) in [5.74, 6) is 0. The molecule has 2 aliphatic rings. The van der Waals surface area contributed by atoms with Gasteiger partial charge in [-0.2, -0.15) is 0 Å². The van der Waals surface area contributed by atoms with Crippen molar-refractivity contribution in [2.45, 2.75) is 44.6 Å². The van der Waals surface area contributed by atoms with Crippen molar-refractivity contribution in [3.05, 3.63) is 47.7 Å². The Morgan fingerprint density at radius 2 is 1.71 bits per heavy atom. The molecule has 0 aromatic carbocycles. The largest absolute Gasteiger partial charge is 0.376 e. The number of allylic oxidation sites excluding steroid dienone is 3. The van der Waals surface area contributed by atoms with Crippen molar-refractivity contribution in [3.63, 3.8) is 0 Å². The Morgan fingerprint density at radius 1 is 1.10 bits per heavy atom. The van der Waals surface area contributed by atoms with E-state index >= 15 is 0 Å². The zero-order valence-electron chi connectivity index (χ0n) is 9.35. The van der Waals surface area contributed by atoms with Gasteiger partial charge in [0.05, 0.1) is 0 Å². The molecule has 2 heteroatoms. The van der Waals surface area contributed by atoms with Crippen LogP contribution in [-0.2, 0) is 0 Å². The Morgan fingerprint density at radius 3 is 2.14 bits per heavy atom. The van der Waals surface area contributed by atoms with Crippen LogP contribution in [-0.4, -0.2) is 42.9 Å². The summed E-state index contributed by atoms with van der Waals surface area (Å²) < 4.78 is 2.18. The minimum Gasteiger partial charge on any atom is -0.376 e. The summed E-state index contributed by atoms with van der Waals surface area (Å²) in [6.45, 7) is 2.05. The number of nitrogens with zero attached hydrogens (tertiary/aromatic N) is 2. The Labute approximate surface area is 135 Å². The topological polar surface area (TPSA) is 6.25 Å². The third-order valence-corrected chi connectivity index (χ3v) is 2.57. The fourth-order valence-corrected chi connectivity index (χ4v) is 1.74. The Kier molecular flexibility index (Phi) is 22.4. The standard InChI is InChI=1S/C13H17N2.6CH4/c1-14-8-6-12(10-14)4-3-5-13-7-9-15(2)11-13;;;;;;/h3-9H,10-11H2,1-2H3;6*1H4/q+1;;;;;;. The molecule has 0 unspecified atom stereocenters. The second-order valence-electron chi connectivity index (χ2n) is 4.14. The fourth-order valence-electron chi connectivity index (χ4n) is 1.74. The van der Waals surface area contributed by atoms with E-state index in [0.29, 0.717) is 0 Å². The Balaban J connectivity index is -0.000000142. The maximum absolute atomic E-state index is 2.18. The van der Waals surface area contributed by atoms with Gasteiger partial charge >= 0.3 is 0 Å². The molecule has 0 fully saturated rings. The SMILES string of the molecule is C.C.C.C.C.C.CN1C=CC(=CC=CC2=CC=[N+](C)C2)C1. The van der Waals surface area contributed by atoms with Crippen molar-refractivity contribution >= 4 is 6.21 Å². The third-order valence-electron chi connectivity index (χ3n) is 2.57. The van der Waals surface area contributed by atoms with Gasteiger partial charge in [-0.15, -0.1) is 0 Å². The number of likely N-dealkylation sites (N-methyl/N-ethyl adjacent to an activating group) is 2. The summed E-state index contributed by atoms with van der Waals surface area (Å²) in [5.41, 5.74) is 2.73. The predicted molar refractivity (Wildman–Crippen MR) is 105 cm³/mol. The molecule has 2 heterocycles. The van der Waals surface area contributed by atoms with E-state index in [4.69, 9.17) is 0 Å². The van der Waals surface area contributed by atoms with Gasteiger partial charge < -0.3 is 4.90 Å². The molecule has 21 heavy (non-hydrogen) atoms. The molecular weight excluding hydrogens is 256 g/mol. The molecule has 0 bridgehead atoms. The Hall–Kier alpha value is -1.57. The van der Waals surface area contributed by atoms with Crippen LogP contribution in [0, 0.1) is 0 Å². The molecule has 0 spiro atoms. The fraction of sp³-hybridized carbons (Fsp3) is 0.526. The molecule has 0 saturated heterocycles. The Bertz CT molecular complexity index is 396. The van der Waals surface area contributed by atoms with Gasteiger partial charge in [-0.05, 0) is 17.8 Å². The lowest BCUT2D eigenvalue weighted by atomic mass is 10.2. The van der Waals surface area contributed by atoms with E-state index < -0.39 is 0 Å². The third kappa shape index (κ3) is 9.89. The molecule has 2 nitrogen and oxygen atoms in total. The summed E-state index contributed by atoms with van der Waals surface area (Å²) in [7, 11) is 4.18. The minimum atomic E-state index is 0. The summed E-state index contributed by atoms with van der Waals surface area (Å²) in [4.78, 5) is 2.18. The van der Waals surface area contributed by atoms with Crippen molar-refractivity contribution in [2.75, 3.05) is 27.2 Å². The highest BCUT2D eigenvalue weighted by Gasteiger charge is 2.06. The van der Waals surface area contributed by atoms with Crippen LogP contribution in [0.25, 0.3) is 0 Å². The molecule has 0 aromatic rings. The summed E-state index contributed by atoms with van der Waals surface area (Å²) in [6.07, 6.45) is 15.0. The molecule has 0 saturated carbocycles. The molecule has 0 aliphatic carbocycles. The second kappa shape index (κ2) is 14.8. The van der Waals surface area contributed by atoms with E-state index in [0.717, 1.165) is 13.1 Å². The average Bonchev–Trinajstić information content (AvgIpc) is 2.76. The maximum atomic E-state index is 2.18. The minimum absolute atomic E-state index is 0. The van der Waals surface area contributed by atoms with Gasteiger partial charge in [0.1, 0.15) is 7.05 Å². The lowest BCUT2D eigenvalue weighted by molar-refractivity contribution is -0.478. The molecule has 0 atom stereocenters. The van der Waals surface area contributed by atoms with E-state index in [1.165, 1.54) is 11.1 Å². The van der Waals surface area contributed by atoms with Crippen molar-refractivity contribution in [1.29, 1.82) is 0 Å². The maximum Gasteiger partial charge on any atom is 0.168 e. The first-order valence-corrected chi connectivity index (χ1v) is 5.24. The second-order valence-corrected chi connectivity index (χ2v) is 4.14. The molecular formula is C19H41N2+. The van der Waals surface area contributed by atoms with Crippen molar-refractivity contribution in [2.24, 2.45) is 0 Å². The average molecular weight is 298 g/mol. The zero-order valence-corrected chi connectivity index (χ0v) is 9.35. The van der Waals surface area contributed by atoms with Crippen LogP contribution in [0.2, 0.25) is 0 Å². The highest BCUT2D eigenvalue weighted by molar-refractivity contribution is 5.70. The van der Waals surface area contributed by atoms with Crippen LogP contribution in [0.5, 0.6) is 0 Å². The van der Waals surface area contributed by atoms with Crippen LogP contribution in [0.4, 0.5) is 0 Å². The lowest BCUT2D eigenvalue weighted by Crippen LogP contribution is -2.06. The van der Waals surface area contributed by atoms with Gasteiger partial charge in [0.15, 0.2) is 12.8 Å². The molecule has 126 valence electrons.